The number of nitrogens with one attached hydrogen (secondary N) is 1. The maximum Gasteiger partial charge on any atom is 0.240 e. The summed E-state index contributed by atoms with van der Waals surface area (Å²) in [6.07, 6.45) is 3.53. The lowest BCUT2D eigenvalue weighted by Crippen LogP contribution is -2.41. The Morgan fingerprint density at radius 1 is 1.13 bits per heavy atom. The number of rotatable bonds is 4. The second-order valence-electron chi connectivity index (χ2n) is 6.46. The molecule has 1 aliphatic carbocycles. The fraction of sp³-hybridized carbons (Fsp3) is 0.500. The molecule has 1 heterocycles. The Labute approximate surface area is 136 Å². The molecule has 1 N–H and O–H groups in total. The van der Waals surface area contributed by atoms with Gasteiger partial charge in [0.25, 0.3) is 0 Å². The predicted molar refractivity (Wildman–Crippen MR) is 85.2 cm³/mol. The molecule has 0 unspecified atom stereocenters. The van der Waals surface area contributed by atoms with Crippen molar-refractivity contribution in [3.05, 3.63) is 35.9 Å². The third-order valence-corrected chi connectivity index (χ3v) is 4.91. The molecule has 23 heavy (non-hydrogen) atoms. The predicted octanol–water partition coefficient (Wildman–Crippen LogP) is 2.04. The van der Waals surface area contributed by atoms with Gasteiger partial charge in [0, 0.05) is 0 Å². The van der Waals surface area contributed by atoms with Gasteiger partial charge in [-0.15, -0.1) is 0 Å². The van der Waals surface area contributed by atoms with Gasteiger partial charge in [-0.05, 0) is 25.3 Å². The average Bonchev–Trinajstić information content (AvgIpc) is 2.81. The minimum atomic E-state index is -0.290. The molecule has 0 aromatic heterocycles. The number of carbonyl (C=O) groups is 3. The minimum absolute atomic E-state index is 0.154. The fourth-order valence-electron chi connectivity index (χ4n) is 3.64. The molecule has 1 saturated heterocycles. The molecule has 1 aliphatic heterocycles. The first kappa shape index (κ1) is 15.7. The number of nitrogens with zero attached hydrogens (tertiary/aromatic N) is 1. The zero-order valence-electron chi connectivity index (χ0n) is 13.3. The van der Waals surface area contributed by atoms with Crippen LogP contribution in [-0.2, 0) is 14.4 Å². The van der Waals surface area contributed by atoms with Gasteiger partial charge in [0.05, 0.1) is 17.9 Å². The van der Waals surface area contributed by atoms with E-state index >= 15 is 0 Å². The van der Waals surface area contributed by atoms with Crippen LogP contribution in [0.2, 0.25) is 0 Å². The smallest absolute Gasteiger partial charge is 0.240 e. The summed E-state index contributed by atoms with van der Waals surface area (Å²) in [6.45, 7) is 1.72. The average molecular weight is 314 g/mol. The number of likely N-dealkylation sites (tertiary alicyclic amines) is 1. The van der Waals surface area contributed by atoms with Crippen molar-refractivity contribution in [3.63, 3.8) is 0 Å². The molecule has 1 saturated carbocycles. The molecule has 1 aromatic carbocycles. The first-order valence-corrected chi connectivity index (χ1v) is 8.27. The van der Waals surface area contributed by atoms with E-state index in [1.54, 1.807) is 0 Å². The van der Waals surface area contributed by atoms with Crippen molar-refractivity contribution in [2.45, 2.75) is 38.6 Å². The van der Waals surface area contributed by atoms with E-state index in [2.05, 4.69) is 5.32 Å². The second kappa shape index (κ2) is 6.52. The summed E-state index contributed by atoms with van der Waals surface area (Å²) in [5.41, 5.74) is 0.994. The minimum Gasteiger partial charge on any atom is -0.348 e. The van der Waals surface area contributed by atoms with Gasteiger partial charge in [0.1, 0.15) is 6.54 Å². The van der Waals surface area contributed by atoms with Crippen LogP contribution in [0.3, 0.4) is 0 Å². The van der Waals surface area contributed by atoms with Crippen LogP contribution in [0.15, 0.2) is 30.3 Å². The zero-order chi connectivity index (χ0) is 16.4. The van der Waals surface area contributed by atoms with Crippen molar-refractivity contribution in [1.29, 1.82) is 0 Å². The summed E-state index contributed by atoms with van der Waals surface area (Å²) in [6, 6.07) is 9.46. The summed E-state index contributed by atoms with van der Waals surface area (Å²) in [5.74, 6) is -1.02. The van der Waals surface area contributed by atoms with Crippen LogP contribution in [0.1, 0.15) is 44.2 Å². The maximum absolute atomic E-state index is 12.4. The van der Waals surface area contributed by atoms with E-state index < -0.39 is 0 Å². The van der Waals surface area contributed by atoms with Crippen LogP contribution in [0.5, 0.6) is 0 Å². The van der Waals surface area contributed by atoms with E-state index in [4.69, 9.17) is 0 Å². The molecule has 3 atom stereocenters. The quantitative estimate of drug-likeness (QED) is 0.865. The van der Waals surface area contributed by atoms with Gasteiger partial charge in [0.15, 0.2) is 0 Å². The normalized spacial score (nSPS) is 25.2. The van der Waals surface area contributed by atoms with Gasteiger partial charge in [-0.25, -0.2) is 0 Å². The van der Waals surface area contributed by atoms with E-state index in [0.717, 1.165) is 36.1 Å². The first-order chi connectivity index (χ1) is 11.1. The van der Waals surface area contributed by atoms with Gasteiger partial charge < -0.3 is 5.32 Å². The Balaban J connectivity index is 1.61. The molecule has 2 fully saturated rings. The molecule has 3 rings (SSSR count). The Hall–Kier alpha value is -2.17. The largest absolute Gasteiger partial charge is 0.348 e. The summed E-state index contributed by atoms with van der Waals surface area (Å²) in [4.78, 5) is 38.1. The van der Waals surface area contributed by atoms with Gasteiger partial charge in [0.2, 0.25) is 17.7 Å². The molecular formula is C18H22N2O3. The third kappa shape index (κ3) is 3.14. The van der Waals surface area contributed by atoms with Crippen LogP contribution < -0.4 is 5.32 Å². The van der Waals surface area contributed by atoms with Crippen LogP contribution in [0.4, 0.5) is 0 Å². The van der Waals surface area contributed by atoms with Crippen LogP contribution >= 0.6 is 0 Å². The lowest BCUT2D eigenvalue weighted by Gasteiger charge is -2.19. The van der Waals surface area contributed by atoms with Crippen molar-refractivity contribution in [3.8, 4) is 0 Å². The summed E-state index contributed by atoms with van der Waals surface area (Å²) in [5, 5.41) is 2.86. The van der Waals surface area contributed by atoms with Crippen molar-refractivity contribution in [2.75, 3.05) is 6.54 Å². The lowest BCUT2D eigenvalue weighted by molar-refractivity contribution is -0.143. The number of imide groups is 1. The van der Waals surface area contributed by atoms with Crippen molar-refractivity contribution >= 4 is 17.7 Å². The highest BCUT2D eigenvalue weighted by Gasteiger charge is 2.48. The zero-order valence-corrected chi connectivity index (χ0v) is 13.3. The SMILES string of the molecule is C[C@H](NC(=O)CN1C(=O)[C@H]2CCCC[C@H]2C1=O)c1ccccc1. The van der Waals surface area contributed by atoms with Crippen LogP contribution in [0, 0.1) is 11.8 Å². The van der Waals surface area contributed by atoms with Gasteiger partial charge in [-0.1, -0.05) is 43.2 Å². The van der Waals surface area contributed by atoms with E-state index in [1.165, 1.54) is 0 Å². The highest BCUT2D eigenvalue weighted by molar-refractivity contribution is 6.07. The number of hydrogen-bond acceptors (Lipinski definition) is 3. The summed E-state index contributed by atoms with van der Waals surface area (Å²) in [7, 11) is 0. The summed E-state index contributed by atoms with van der Waals surface area (Å²) >= 11 is 0. The molecule has 122 valence electrons. The van der Waals surface area contributed by atoms with Crippen molar-refractivity contribution < 1.29 is 14.4 Å². The second-order valence-corrected chi connectivity index (χ2v) is 6.46. The molecule has 0 spiro atoms. The van der Waals surface area contributed by atoms with E-state index in [-0.39, 0.29) is 42.1 Å². The molecule has 2 aliphatic rings. The number of carbonyl (C=O) groups excluding carboxylic acids is 3. The highest BCUT2D eigenvalue weighted by atomic mass is 16.2. The number of amides is 3. The summed E-state index contributed by atoms with van der Waals surface area (Å²) < 4.78 is 0. The highest BCUT2D eigenvalue weighted by Crippen LogP contribution is 2.37. The molecule has 5 nitrogen and oxygen atoms in total. The first-order valence-electron chi connectivity index (χ1n) is 8.27. The molecule has 3 amide bonds. The topological polar surface area (TPSA) is 66.5 Å². The van der Waals surface area contributed by atoms with E-state index in [1.807, 2.05) is 37.3 Å². The number of fused-ring (bicyclic) bond motifs is 1. The van der Waals surface area contributed by atoms with E-state index in [9.17, 15) is 14.4 Å². The lowest BCUT2D eigenvalue weighted by atomic mass is 9.81. The molecule has 0 radical (unpaired) electrons. The maximum atomic E-state index is 12.4. The van der Waals surface area contributed by atoms with Gasteiger partial charge in [-0.3, -0.25) is 19.3 Å². The standard InChI is InChI=1S/C18H22N2O3/c1-12(13-7-3-2-4-8-13)19-16(21)11-20-17(22)14-9-5-6-10-15(14)18(20)23/h2-4,7-8,12,14-15H,5-6,9-11H2,1H3,(H,19,21)/t12-,14-,15+/m0/s1. The monoisotopic (exact) mass is 314 g/mol. The van der Waals surface area contributed by atoms with Crippen LogP contribution in [-0.4, -0.2) is 29.2 Å². The van der Waals surface area contributed by atoms with E-state index in [0.29, 0.717) is 0 Å². The van der Waals surface area contributed by atoms with Crippen molar-refractivity contribution in [2.24, 2.45) is 11.8 Å². The molecule has 1 aromatic rings. The van der Waals surface area contributed by atoms with Crippen molar-refractivity contribution in [1.82, 2.24) is 10.2 Å². The Kier molecular flexibility index (Phi) is 4.46. The Bertz CT molecular complexity index is 590. The van der Waals surface area contributed by atoms with Gasteiger partial charge >= 0.3 is 0 Å². The Morgan fingerprint density at radius 2 is 1.70 bits per heavy atom. The molecule has 5 heteroatoms. The van der Waals surface area contributed by atoms with Crippen LogP contribution in [0.25, 0.3) is 0 Å². The molecular weight excluding hydrogens is 292 g/mol. The Morgan fingerprint density at radius 3 is 2.26 bits per heavy atom. The fourth-order valence-corrected chi connectivity index (χ4v) is 3.64. The number of benzene rings is 1. The van der Waals surface area contributed by atoms with Gasteiger partial charge in [-0.2, -0.15) is 0 Å². The third-order valence-electron chi connectivity index (χ3n) is 4.91. The molecule has 0 bridgehead atoms. The number of hydrogen-bond donors (Lipinski definition) is 1.